The molecular weight excluding hydrogens is 383 g/mol. The average molecular weight is 397 g/mol. The molecule has 0 saturated carbocycles. The Kier molecular flexibility index (Phi) is 4.88. The summed E-state index contributed by atoms with van der Waals surface area (Å²) in [7, 11) is 0. The third-order valence-electron chi connectivity index (χ3n) is 4.13. The lowest BCUT2D eigenvalue weighted by Crippen LogP contribution is -1.98. The number of hydrogen-bond donors (Lipinski definition) is 0. The number of ether oxygens (including phenoxy) is 2. The summed E-state index contributed by atoms with van der Waals surface area (Å²) in [5.41, 5.74) is 2.31. The SMILES string of the molecule is O=C1/C(=C/c2ccc(Cl)c(Cl)c2)Oc2cc(OCc3ccccc3)ccc21. The van der Waals surface area contributed by atoms with E-state index < -0.39 is 0 Å². The van der Waals surface area contributed by atoms with Gasteiger partial charge in [-0.25, -0.2) is 0 Å². The lowest BCUT2D eigenvalue weighted by Gasteiger charge is -2.07. The molecule has 0 saturated heterocycles. The van der Waals surface area contributed by atoms with Gasteiger partial charge in [-0.1, -0.05) is 59.6 Å². The third-order valence-corrected chi connectivity index (χ3v) is 4.87. The molecule has 134 valence electrons. The minimum absolute atomic E-state index is 0.175. The van der Waals surface area contributed by atoms with Crippen LogP contribution in [0.3, 0.4) is 0 Å². The highest BCUT2D eigenvalue weighted by Crippen LogP contribution is 2.35. The first-order valence-corrected chi connectivity index (χ1v) is 9.06. The molecule has 27 heavy (non-hydrogen) atoms. The van der Waals surface area contributed by atoms with Crippen molar-refractivity contribution in [3.63, 3.8) is 0 Å². The molecule has 0 aliphatic carbocycles. The van der Waals surface area contributed by atoms with Gasteiger partial charge in [-0.15, -0.1) is 0 Å². The van der Waals surface area contributed by atoms with E-state index in [-0.39, 0.29) is 11.5 Å². The lowest BCUT2D eigenvalue weighted by molar-refractivity contribution is 0.101. The fraction of sp³-hybridized carbons (Fsp3) is 0.0455. The van der Waals surface area contributed by atoms with Gasteiger partial charge in [0, 0.05) is 6.07 Å². The number of rotatable bonds is 4. The molecule has 0 bridgehead atoms. The summed E-state index contributed by atoms with van der Waals surface area (Å²) < 4.78 is 11.5. The van der Waals surface area contributed by atoms with E-state index in [1.165, 1.54) is 0 Å². The van der Waals surface area contributed by atoms with Crippen LogP contribution in [0, 0.1) is 0 Å². The highest BCUT2D eigenvalue weighted by atomic mass is 35.5. The van der Waals surface area contributed by atoms with E-state index >= 15 is 0 Å². The molecule has 1 aliphatic heterocycles. The molecule has 1 aliphatic rings. The normalized spacial score (nSPS) is 14.1. The first kappa shape index (κ1) is 17.7. The van der Waals surface area contributed by atoms with E-state index in [2.05, 4.69) is 0 Å². The van der Waals surface area contributed by atoms with Crippen molar-refractivity contribution in [1.29, 1.82) is 0 Å². The summed E-state index contributed by atoms with van der Waals surface area (Å²) in [6.07, 6.45) is 1.65. The number of allylic oxidation sites excluding steroid dienone is 1. The second-order valence-electron chi connectivity index (χ2n) is 6.05. The molecule has 0 fully saturated rings. The van der Waals surface area contributed by atoms with Crippen molar-refractivity contribution in [3.8, 4) is 11.5 Å². The van der Waals surface area contributed by atoms with Gasteiger partial charge in [-0.2, -0.15) is 0 Å². The molecule has 0 atom stereocenters. The Bertz CT molecular complexity index is 1040. The van der Waals surface area contributed by atoms with Crippen molar-refractivity contribution in [2.45, 2.75) is 6.61 Å². The van der Waals surface area contributed by atoms with Crippen LogP contribution in [0.15, 0.2) is 72.5 Å². The van der Waals surface area contributed by atoms with E-state index in [0.29, 0.717) is 33.7 Å². The van der Waals surface area contributed by atoms with E-state index in [1.807, 2.05) is 30.3 Å². The maximum Gasteiger partial charge on any atom is 0.231 e. The van der Waals surface area contributed by atoms with Crippen molar-refractivity contribution in [1.82, 2.24) is 0 Å². The van der Waals surface area contributed by atoms with Gasteiger partial charge in [0.05, 0.1) is 15.6 Å². The van der Waals surface area contributed by atoms with Crippen LogP contribution in [0.25, 0.3) is 6.08 Å². The second-order valence-corrected chi connectivity index (χ2v) is 6.86. The zero-order chi connectivity index (χ0) is 18.8. The zero-order valence-corrected chi connectivity index (χ0v) is 15.6. The standard InChI is InChI=1S/C22H14Cl2O3/c23-18-9-6-15(10-19(18)24)11-21-22(25)17-8-7-16(12-20(17)27-21)26-13-14-4-2-1-3-5-14/h1-12H,13H2/b21-11-. The molecule has 3 aromatic carbocycles. The monoisotopic (exact) mass is 396 g/mol. The molecule has 3 nitrogen and oxygen atoms in total. The summed E-state index contributed by atoms with van der Waals surface area (Å²) >= 11 is 12.0. The summed E-state index contributed by atoms with van der Waals surface area (Å²) in [6, 6.07) is 20.2. The fourth-order valence-corrected chi connectivity index (χ4v) is 3.06. The summed E-state index contributed by atoms with van der Waals surface area (Å²) in [4.78, 5) is 12.6. The molecule has 0 spiro atoms. The summed E-state index contributed by atoms with van der Waals surface area (Å²) in [5.74, 6) is 1.19. The Morgan fingerprint density at radius 3 is 2.52 bits per heavy atom. The number of carbonyl (C=O) groups is 1. The average Bonchev–Trinajstić information content (AvgIpc) is 2.99. The quantitative estimate of drug-likeness (QED) is 0.493. The molecule has 4 rings (SSSR count). The van der Waals surface area contributed by atoms with E-state index in [4.69, 9.17) is 32.7 Å². The van der Waals surface area contributed by atoms with Crippen molar-refractivity contribution >= 4 is 35.1 Å². The van der Waals surface area contributed by atoms with Crippen molar-refractivity contribution in [2.24, 2.45) is 0 Å². The first-order chi connectivity index (χ1) is 13.1. The third kappa shape index (κ3) is 3.85. The van der Waals surface area contributed by atoms with Gasteiger partial charge in [0.2, 0.25) is 5.78 Å². The Balaban J connectivity index is 1.53. The number of hydrogen-bond acceptors (Lipinski definition) is 3. The topological polar surface area (TPSA) is 35.5 Å². The van der Waals surface area contributed by atoms with Crippen molar-refractivity contribution in [3.05, 3.63) is 99.2 Å². The maximum absolute atomic E-state index is 12.6. The van der Waals surface area contributed by atoms with E-state index in [9.17, 15) is 4.79 Å². The number of Topliss-reactive ketones (excluding diaryl/α,β-unsaturated/α-hetero) is 1. The highest BCUT2D eigenvalue weighted by Gasteiger charge is 2.27. The molecule has 0 radical (unpaired) electrons. The minimum Gasteiger partial charge on any atom is -0.489 e. The number of carbonyl (C=O) groups excluding carboxylic acids is 1. The van der Waals surface area contributed by atoms with Gasteiger partial charge < -0.3 is 9.47 Å². The molecule has 1 heterocycles. The zero-order valence-electron chi connectivity index (χ0n) is 14.1. The van der Waals surface area contributed by atoms with Gasteiger partial charge in [0.15, 0.2) is 5.76 Å². The second kappa shape index (κ2) is 7.47. The van der Waals surface area contributed by atoms with Crippen LogP contribution in [0.2, 0.25) is 10.0 Å². The summed E-state index contributed by atoms with van der Waals surface area (Å²) in [6.45, 7) is 0.444. The predicted octanol–water partition coefficient (Wildman–Crippen LogP) is 6.19. The largest absolute Gasteiger partial charge is 0.489 e. The van der Waals surface area contributed by atoms with Crippen LogP contribution in [0.4, 0.5) is 0 Å². The van der Waals surface area contributed by atoms with Crippen LogP contribution < -0.4 is 9.47 Å². The molecule has 3 aromatic rings. The molecule has 0 N–H and O–H groups in total. The molecule has 0 unspecified atom stereocenters. The van der Waals surface area contributed by atoms with Gasteiger partial charge >= 0.3 is 0 Å². The van der Waals surface area contributed by atoms with Gasteiger partial charge in [0.1, 0.15) is 18.1 Å². The molecule has 0 amide bonds. The minimum atomic E-state index is -0.175. The van der Waals surface area contributed by atoms with Gasteiger partial charge in [0.25, 0.3) is 0 Å². The van der Waals surface area contributed by atoms with E-state index in [1.54, 1.807) is 42.5 Å². The smallest absolute Gasteiger partial charge is 0.231 e. The molecule has 0 aromatic heterocycles. The summed E-state index contributed by atoms with van der Waals surface area (Å²) in [5, 5.41) is 0.881. The fourth-order valence-electron chi connectivity index (χ4n) is 2.75. The Labute approximate surface area is 166 Å². The van der Waals surface area contributed by atoms with Crippen LogP contribution in [0.1, 0.15) is 21.5 Å². The van der Waals surface area contributed by atoms with Crippen LogP contribution in [0.5, 0.6) is 11.5 Å². The Morgan fingerprint density at radius 2 is 1.74 bits per heavy atom. The Morgan fingerprint density at radius 1 is 0.926 bits per heavy atom. The van der Waals surface area contributed by atoms with Crippen molar-refractivity contribution in [2.75, 3.05) is 0 Å². The highest BCUT2D eigenvalue weighted by molar-refractivity contribution is 6.42. The maximum atomic E-state index is 12.6. The molecular formula is C22H14Cl2O3. The van der Waals surface area contributed by atoms with E-state index in [0.717, 1.165) is 11.1 Å². The Hall–Kier alpha value is -2.75. The molecule has 5 heteroatoms. The first-order valence-electron chi connectivity index (χ1n) is 8.30. The van der Waals surface area contributed by atoms with Crippen LogP contribution in [-0.2, 0) is 6.61 Å². The number of halogens is 2. The number of ketones is 1. The van der Waals surface area contributed by atoms with Crippen LogP contribution >= 0.6 is 23.2 Å². The van der Waals surface area contributed by atoms with Gasteiger partial charge in [-0.05, 0) is 41.5 Å². The van der Waals surface area contributed by atoms with Crippen molar-refractivity contribution < 1.29 is 14.3 Å². The number of benzene rings is 3. The van der Waals surface area contributed by atoms with Gasteiger partial charge in [-0.3, -0.25) is 4.79 Å². The number of fused-ring (bicyclic) bond motifs is 1. The lowest BCUT2D eigenvalue weighted by atomic mass is 10.1. The predicted molar refractivity (Wildman–Crippen MR) is 107 cm³/mol. The van der Waals surface area contributed by atoms with Crippen LogP contribution in [-0.4, -0.2) is 5.78 Å².